The molecule has 4 rings (SSSR count). The molecule has 0 saturated heterocycles. The monoisotopic (exact) mass is 571 g/mol. The van der Waals surface area contributed by atoms with E-state index in [1.807, 2.05) is 30.3 Å². The van der Waals surface area contributed by atoms with Crippen molar-refractivity contribution in [1.82, 2.24) is 9.78 Å². The van der Waals surface area contributed by atoms with Gasteiger partial charge in [-0.2, -0.15) is 0 Å². The number of hydrogen-bond donors (Lipinski definition) is 2. The average Bonchev–Trinajstić information content (AvgIpc) is 2.95. The summed E-state index contributed by atoms with van der Waals surface area (Å²) >= 11 is 6.23. The molecule has 0 saturated carbocycles. The molecule has 10 heteroatoms. The molecule has 41 heavy (non-hydrogen) atoms. The number of hydrogen-bond acceptors (Lipinski definition) is 6. The van der Waals surface area contributed by atoms with Crippen LogP contribution in [0.5, 0.6) is 5.88 Å². The number of nitrogens with zero attached hydrogens (tertiary/aromatic N) is 2. The van der Waals surface area contributed by atoms with Crippen molar-refractivity contribution in [1.29, 1.82) is 0 Å². The van der Waals surface area contributed by atoms with Crippen molar-refractivity contribution in [3.8, 4) is 17.0 Å². The van der Waals surface area contributed by atoms with Crippen molar-refractivity contribution >= 4 is 34.9 Å². The molecule has 208 valence electrons. The zero-order valence-corrected chi connectivity index (χ0v) is 22.8. The number of anilines is 1. The molecule has 1 amide bonds. The summed E-state index contributed by atoms with van der Waals surface area (Å²) in [4.78, 5) is 50.8. The van der Waals surface area contributed by atoms with E-state index in [-0.39, 0.29) is 35.8 Å². The van der Waals surface area contributed by atoms with E-state index in [9.17, 15) is 19.2 Å². The fourth-order valence-electron chi connectivity index (χ4n) is 4.21. The number of carboxylic acid groups (broad SMARTS) is 1. The SMILES string of the molecule is C=CCOc1nn(C(Cc2ccccc2)C(=O)Nc2ccc(C(=O)O)cc2)c(=O)cc1-c1cc(Cl)ccc1C(C)=O. The van der Waals surface area contributed by atoms with Gasteiger partial charge in [0, 0.05) is 28.8 Å². The van der Waals surface area contributed by atoms with Crippen LogP contribution < -0.4 is 15.6 Å². The molecule has 4 aromatic rings. The summed E-state index contributed by atoms with van der Waals surface area (Å²) in [6.07, 6.45) is 1.61. The number of amides is 1. The van der Waals surface area contributed by atoms with Gasteiger partial charge in [-0.05, 0) is 60.5 Å². The smallest absolute Gasteiger partial charge is 0.335 e. The van der Waals surface area contributed by atoms with E-state index in [0.29, 0.717) is 21.8 Å². The van der Waals surface area contributed by atoms with Gasteiger partial charge >= 0.3 is 5.97 Å². The van der Waals surface area contributed by atoms with Crippen LogP contribution in [0.1, 0.15) is 39.2 Å². The van der Waals surface area contributed by atoms with Crippen molar-refractivity contribution in [2.24, 2.45) is 0 Å². The number of aromatic nitrogens is 2. The largest absolute Gasteiger partial charge is 0.478 e. The predicted octanol–water partition coefficient (Wildman–Crippen LogP) is 5.45. The highest BCUT2D eigenvalue weighted by Gasteiger charge is 2.27. The number of ether oxygens (including phenoxy) is 1. The summed E-state index contributed by atoms with van der Waals surface area (Å²) in [6.45, 7) is 5.10. The van der Waals surface area contributed by atoms with E-state index < -0.39 is 23.5 Å². The second-order valence-corrected chi connectivity index (χ2v) is 9.51. The Labute approximate surface area is 240 Å². The van der Waals surface area contributed by atoms with E-state index in [1.165, 1.54) is 43.3 Å². The summed E-state index contributed by atoms with van der Waals surface area (Å²) in [5, 5.41) is 16.7. The van der Waals surface area contributed by atoms with Crippen LogP contribution in [0.15, 0.2) is 96.3 Å². The van der Waals surface area contributed by atoms with Crippen molar-refractivity contribution in [2.45, 2.75) is 19.4 Å². The molecule has 1 unspecified atom stereocenters. The van der Waals surface area contributed by atoms with Crippen LogP contribution in [0.2, 0.25) is 5.02 Å². The molecule has 0 aliphatic heterocycles. The number of nitrogens with one attached hydrogen (secondary N) is 1. The zero-order chi connectivity index (χ0) is 29.5. The van der Waals surface area contributed by atoms with Crippen molar-refractivity contribution in [2.75, 3.05) is 11.9 Å². The molecule has 0 aliphatic rings. The van der Waals surface area contributed by atoms with Gasteiger partial charge in [0.2, 0.25) is 11.8 Å². The van der Waals surface area contributed by atoms with E-state index in [0.717, 1.165) is 10.2 Å². The number of Topliss-reactive ketones (excluding diaryl/α,β-unsaturated/α-hetero) is 1. The fourth-order valence-corrected chi connectivity index (χ4v) is 4.38. The third-order valence-corrected chi connectivity index (χ3v) is 6.42. The molecule has 1 atom stereocenters. The van der Waals surface area contributed by atoms with Crippen molar-refractivity contribution in [3.05, 3.63) is 124 Å². The normalized spacial score (nSPS) is 11.4. The molecule has 0 bridgehead atoms. The van der Waals surface area contributed by atoms with Crippen LogP contribution in [0.25, 0.3) is 11.1 Å². The van der Waals surface area contributed by atoms with Gasteiger partial charge in [0.05, 0.1) is 11.1 Å². The van der Waals surface area contributed by atoms with Crippen LogP contribution in [0, 0.1) is 0 Å². The quantitative estimate of drug-likeness (QED) is 0.181. The lowest BCUT2D eigenvalue weighted by molar-refractivity contribution is -0.119. The van der Waals surface area contributed by atoms with Gasteiger partial charge in [-0.3, -0.25) is 14.4 Å². The van der Waals surface area contributed by atoms with Crippen LogP contribution in [-0.2, 0) is 11.2 Å². The van der Waals surface area contributed by atoms with Gasteiger partial charge < -0.3 is 15.2 Å². The van der Waals surface area contributed by atoms with Crippen LogP contribution in [-0.4, -0.2) is 39.2 Å². The lowest BCUT2D eigenvalue weighted by Gasteiger charge is -2.21. The number of halogens is 1. The molecule has 0 fully saturated rings. The van der Waals surface area contributed by atoms with E-state index in [1.54, 1.807) is 18.2 Å². The van der Waals surface area contributed by atoms with Gasteiger partial charge in [-0.15, -0.1) is 5.10 Å². The van der Waals surface area contributed by atoms with Crippen LogP contribution >= 0.6 is 11.6 Å². The molecule has 1 heterocycles. The Hall–Kier alpha value is -5.02. The Bertz CT molecular complexity index is 1670. The van der Waals surface area contributed by atoms with E-state index >= 15 is 0 Å². The Morgan fingerprint density at radius 3 is 2.39 bits per heavy atom. The average molecular weight is 572 g/mol. The molecule has 3 aromatic carbocycles. The Balaban J connectivity index is 1.82. The van der Waals surface area contributed by atoms with Gasteiger partial charge in [0.1, 0.15) is 12.6 Å². The maximum absolute atomic E-state index is 13.6. The number of ketones is 1. The van der Waals surface area contributed by atoms with Gasteiger partial charge in [-0.25, -0.2) is 9.48 Å². The third kappa shape index (κ3) is 6.95. The number of carbonyl (C=O) groups is 3. The number of carboxylic acids is 1. The zero-order valence-electron chi connectivity index (χ0n) is 22.0. The number of rotatable bonds is 11. The third-order valence-electron chi connectivity index (χ3n) is 6.18. The first kappa shape index (κ1) is 29.0. The fraction of sp³-hybridized carbons (Fsp3) is 0.129. The highest BCUT2D eigenvalue weighted by Crippen LogP contribution is 2.33. The lowest BCUT2D eigenvalue weighted by Crippen LogP contribution is -2.36. The Morgan fingerprint density at radius 1 is 1.05 bits per heavy atom. The Kier molecular flexibility index (Phi) is 9.11. The minimum Gasteiger partial charge on any atom is -0.478 e. The first-order valence-electron chi connectivity index (χ1n) is 12.5. The maximum Gasteiger partial charge on any atom is 0.335 e. The molecule has 1 aromatic heterocycles. The molecule has 0 aliphatic carbocycles. The van der Waals surface area contributed by atoms with Gasteiger partial charge in [0.15, 0.2) is 5.78 Å². The summed E-state index contributed by atoms with van der Waals surface area (Å²) in [6, 6.07) is 19.6. The number of aromatic carboxylic acids is 1. The summed E-state index contributed by atoms with van der Waals surface area (Å²) in [5.74, 6) is -1.89. The predicted molar refractivity (Wildman–Crippen MR) is 156 cm³/mol. The number of carbonyl (C=O) groups excluding carboxylic acids is 2. The minimum atomic E-state index is -1.11. The molecular formula is C31H26ClN3O6. The van der Waals surface area contributed by atoms with Gasteiger partial charge in [-0.1, -0.05) is 54.6 Å². The van der Waals surface area contributed by atoms with Crippen molar-refractivity contribution < 1.29 is 24.2 Å². The molecule has 0 radical (unpaired) electrons. The Morgan fingerprint density at radius 2 is 1.76 bits per heavy atom. The highest BCUT2D eigenvalue weighted by atomic mass is 35.5. The van der Waals surface area contributed by atoms with Crippen molar-refractivity contribution in [3.63, 3.8) is 0 Å². The molecular weight excluding hydrogens is 546 g/mol. The first-order chi connectivity index (χ1) is 19.7. The summed E-state index contributed by atoms with van der Waals surface area (Å²) < 4.78 is 6.85. The lowest BCUT2D eigenvalue weighted by atomic mass is 9.98. The van der Waals surface area contributed by atoms with Crippen LogP contribution in [0.3, 0.4) is 0 Å². The topological polar surface area (TPSA) is 128 Å². The molecule has 0 spiro atoms. The second-order valence-electron chi connectivity index (χ2n) is 9.07. The standard InChI is InChI=1S/C31H26ClN3O6/c1-3-15-41-30-26(25-17-22(32)11-14-24(25)19(2)36)18-28(37)35(34-30)27(16-20-7-5-4-6-8-20)29(38)33-23-12-9-21(10-13-23)31(39)40/h3-14,17-18,27H,1,15-16H2,2H3,(H,33,38)(H,39,40). The highest BCUT2D eigenvalue weighted by molar-refractivity contribution is 6.31. The summed E-state index contributed by atoms with van der Waals surface area (Å²) in [7, 11) is 0. The number of benzene rings is 3. The molecule has 9 nitrogen and oxygen atoms in total. The first-order valence-corrected chi connectivity index (χ1v) is 12.9. The molecule has 2 N–H and O–H groups in total. The van der Waals surface area contributed by atoms with E-state index in [2.05, 4.69) is 17.0 Å². The summed E-state index contributed by atoms with van der Waals surface area (Å²) in [5.41, 5.74) is 1.49. The van der Waals surface area contributed by atoms with E-state index in [4.69, 9.17) is 21.4 Å². The minimum absolute atomic E-state index is 0.00550. The van der Waals surface area contributed by atoms with Crippen LogP contribution in [0.4, 0.5) is 5.69 Å². The van der Waals surface area contributed by atoms with Gasteiger partial charge in [0.25, 0.3) is 5.56 Å². The second kappa shape index (κ2) is 12.9. The maximum atomic E-state index is 13.6.